The van der Waals surface area contributed by atoms with Crippen LogP contribution in [0.2, 0.25) is 0 Å². The van der Waals surface area contributed by atoms with Gasteiger partial charge in [0, 0.05) is 6.42 Å². The van der Waals surface area contributed by atoms with Gasteiger partial charge >= 0.3 is 0 Å². The quantitative estimate of drug-likeness (QED) is 0.728. The standard InChI is InChI=1S/C12H8F2N4O2/c1-19-12-8(15-10-11(16-12)18-20-17-10)5-6-3-2-4-7(13)9(6)14/h2-4H,5H2,1H3. The SMILES string of the molecule is COc1nc2nonc2nc1Cc1cccc(F)c1F. The molecular weight excluding hydrogens is 270 g/mol. The molecule has 0 aliphatic carbocycles. The van der Waals surface area contributed by atoms with Gasteiger partial charge in [0.15, 0.2) is 11.6 Å². The molecule has 1 aromatic carbocycles. The van der Waals surface area contributed by atoms with Gasteiger partial charge < -0.3 is 4.74 Å². The van der Waals surface area contributed by atoms with Crippen molar-refractivity contribution in [1.82, 2.24) is 20.3 Å². The maximum atomic E-state index is 13.7. The van der Waals surface area contributed by atoms with E-state index in [1.54, 1.807) is 0 Å². The Morgan fingerprint density at radius 3 is 2.65 bits per heavy atom. The van der Waals surface area contributed by atoms with E-state index < -0.39 is 11.6 Å². The van der Waals surface area contributed by atoms with Crippen molar-refractivity contribution in [2.45, 2.75) is 6.42 Å². The van der Waals surface area contributed by atoms with Crippen molar-refractivity contribution in [3.63, 3.8) is 0 Å². The lowest BCUT2D eigenvalue weighted by Crippen LogP contribution is -2.03. The summed E-state index contributed by atoms with van der Waals surface area (Å²) in [4.78, 5) is 8.16. The molecular formula is C12H8F2N4O2. The van der Waals surface area contributed by atoms with Gasteiger partial charge in [0.2, 0.25) is 17.2 Å². The van der Waals surface area contributed by atoms with E-state index in [2.05, 4.69) is 24.9 Å². The molecule has 20 heavy (non-hydrogen) atoms. The van der Waals surface area contributed by atoms with Gasteiger partial charge in [0.05, 0.1) is 7.11 Å². The highest BCUT2D eigenvalue weighted by atomic mass is 19.2. The zero-order valence-electron chi connectivity index (χ0n) is 10.3. The molecule has 0 bridgehead atoms. The summed E-state index contributed by atoms with van der Waals surface area (Å²) in [7, 11) is 1.40. The molecule has 3 rings (SSSR count). The van der Waals surface area contributed by atoms with Gasteiger partial charge in [-0.3, -0.25) is 0 Å². The molecule has 2 heterocycles. The third kappa shape index (κ3) is 2.04. The lowest BCUT2D eigenvalue weighted by molar-refractivity contribution is 0.313. The lowest BCUT2D eigenvalue weighted by Gasteiger charge is -2.07. The van der Waals surface area contributed by atoms with Crippen LogP contribution < -0.4 is 4.74 Å². The average Bonchev–Trinajstić information content (AvgIpc) is 2.90. The van der Waals surface area contributed by atoms with Crippen LogP contribution in [-0.4, -0.2) is 27.4 Å². The Morgan fingerprint density at radius 1 is 1.15 bits per heavy atom. The minimum Gasteiger partial charge on any atom is -0.480 e. The number of fused-ring (bicyclic) bond motifs is 1. The molecule has 0 aliphatic heterocycles. The fourth-order valence-electron chi connectivity index (χ4n) is 1.80. The van der Waals surface area contributed by atoms with E-state index in [1.165, 1.54) is 19.2 Å². The van der Waals surface area contributed by atoms with Crippen LogP contribution in [0.5, 0.6) is 5.88 Å². The normalized spacial score (nSPS) is 10.9. The van der Waals surface area contributed by atoms with Crippen LogP contribution in [-0.2, 0) is 6.42 Å². The monoisotopic (exact) mass is 278 g/mol. The Morgan fingerprint density at radius 2 is 1.90 bits per heavy atom. The summed E-state index contributed by atoms with van der Waals surface area (Å²) in [5.41, 5.74) is 0.830. The first-order chi connectivity index (χ1) is 9.69. The molecule has 0 atom stereocenters. The third-order valence-electron chi connectivity index (χ3n) is 2.73. The van der Waals surface area contributed by atoms with Crippen molar-refractivity contribution in [3.05, 3.63) is 41.1 Å². The molecule has 0 radical (unpaired) electrons. The molecule has 0 N–H and O–H groups in total. The number of hydrogen-bond donors (Lipinski definition) is 0. The Kier molecular flexibility index (Phi) is 2.97. The molecule has 0 saturated heterocycles. The van der Waals surface area contributed by atoms with E-state index in [-0.39, 0.29) is 29.2 Å². The number of rotatable bonds is 3. The van der Waals surface area contributed by atoms with Crippen molar-refractivity contribution in [3.8, 4) is 5.88 Å². The Balaban J connectivity index is 2.07. The van der Waals surface area contributed by atoms with E-state index in [9.17, 15) is 8.78 Å². The Hall–Kier alpha value is -2.64. The highest BCUT2D eigenvalue weighted by Crippen LogP contribution is 2.21. The lowest BCUT2D eigenvalue weighted by atomic mass is 10.1. The number of halogens is 2. The Labute approximate surface area is 111 Å². The van der Waals surface area contributed by atoms with Crippen LogP contribution in [0.3, 0.4) is 0 Å². The molecule has 102 valence electrons. The van der Waals surface area contributed by atoms with Gasteiger partial charge in [-0.2, -0.15) is 4.98 Å². The van der Waals surface area contributed by atoms with Crippen LogP contribution >= 0.6 is 0 Å². The fourth-order valence-corrected chi connectivity index (χ4v) is 1.80. The van der Waals surface area contributed by atoms with E-state index in [0.29, 0.717) is 5.69 Å². The van der Waals surface area contributed by atoms with Gasteiger partial charge in [0.1, 0.15) is 5.69 Å². The third-order valence-corrected chi connectivity index (χ3v) is 2.73. The smallest absolute Gasteiger partial charge is 0.246 e. The van der Waals surface area contributed by atoms with Crippen molar-refractivity contribution in [2.24, 2.45) is 0 Å². The summed E-state index contributed by atoms with van der Waals surface area (Å²) in [6, 6.07) is 3.93. The number of nitrogens with zero attached hydrogens (tertiary/aromatic N) is 4. The molecule has 6 nitrogen and oxygen atoms in total. The van der Waals surface area contributed by atoms with Crippen molar-refractivity contribution >= 4 is 11.3 Å². The fraction of sp³-hybridized carbons (Fsp3) is 0.167. The molecule has 0 amide bonds. The summed E-state index contributed by atoms with van der Waals surface area (Å²) >= 11 is 0. The summed E-state index contributed by atoms with van der Waals surface area (Å²) in [5, 5.41) is 7.09. The molecule has 0 fully saturated rings. The molecule has 0 aliphatic rings. The maximum Gasteiger partial charge on any atom is 0.246 e. The van der Waals surface area contributed by atoms with Crippen LogP contribution in [0.1, 0.15) is 11.3 Å². The van der Waals surface area contributed by atoms with Gasteiger partial charge in [-0.15, -0.1) is 0 Å². The van der Waals surface area contributed by atoms with Crippen molar-refractivity contribution < 1.29 is 18.1 Å². The summed E-state index contributed by atoms with van der Waals surface area (Å²) < 4.78 is 36.4. The predicted molar refractivity (Wildman–Crippen MR) is 63.1 cm³/mol. The second-order valence-electron chi connectivity index (χ2n) is 3.98. The molecule has 0 saturated carbocycles. The molecule has 2 aromatic heterocycles. The summed E-state index contributed by atoms with van der Waals surface area (Å²) in [6.07, 6.45) is 0.0164. The number of methoxy groups -OCH3 is 1. The van der Waals surface area contributed by atoms with Crippen molar-refractivity contribution in [1.29, 1.82) is 0 Å². The van der Waals surface area contributed by atoms with E-state index in [1.807, 2.05) is 0 Å². The second-order valence-corrected chi connectivity index (χ2v) is 3.98. The summed E-state index contributed by atoms with van der Waals surface area (Å²) in [5.74, 6) is -1.68. The summed E-state index contributed by atoms with van der Waals surface area (Å²) in [6.45, 7) is 0. The average molecular weight is 278 g/mol. The van der Waals surface area contributed by atoms with Gasteiger partial charge in [-0.25, -0.2) is 18.4 Å². The van der Waals surface area contributed by atoms with E-state index in [0.717, 1.165) is 6.07 Å². The number of ether oxygens (including phenoxy) is 1. The Bertz CT molecular complexity index is 775. The van der Waals surface area contributed by atoms with Crippen LogP contribution in [0.4, 0.5) is 8.78 Å². The van der Waals surface area contributed by atoms with Gasteiger partial charge in [-0.1, -0.05) is 12.1 Å². The first-order valence-electron chi connectivity index (χ1n) is 5.65. The maximum absolute atomic E-state index is 13.7. The van der Waals surface area contributed by atoms with Crippen LogP contribution in [0.25, 0.3) is 11.3 Å². The number of benzene rings is 1. The number of hydrogen-bond acceptors (Lipinski definition) is 6. The van der Waals surface area contributed by atoms with Crippen LogP contribution in [0.15, 0.2) is 22.8 Å². The van der Waals surface area contributed by atoms with Crippen LogP contribution in [0, 0.1) is 11.6 Å². The molecule has 3 aromatic rings. The number of aromatic nitrogens is 4. The molecule has 0 unspecified atom stereocenters. The van der Waals surface area contributed by atoms with Gasteiger partial charge in [0.25, 0.3) is 0 Å². The largest absolute Gasteiger partial charge is 0.480 e. The van der Waals surface area contributed by atoms with E-state index in [4.69, 9.17) is 4.74 Å². The molecule has 8 heteroatoms. The highest BCUT2D eigenvalue weighted by molar-refractivity contribution is 5.64. The zero-order valence-corrected chi connectivity index (χ0v) is 10.3. The van der Waals surface area contributed by atoms with Crippen molar-refractivity contribution in [2.75, 3.05) is 7.11 Å². The topological polar surface area (TPSA) is 73.9 Å². The van der Waals surface area contributed by atoms with Gasteiger partial charge in [-0.05, 0) is 21.9 Å². The minimum absolute atomic E-state index is 0.0164. The zero-order chi connectivity index (χ0) is 14.1. The first-order valence-corrected chi connectivity index (χ1v) is 5.65. The predicted octanol–water partition coefficient (Wildman–Crippen LogP) is 1.89. The second kappa shape index (κ2) is 4.80. The molecule has 0 spiro atoms. The first kappa shape index (κ1) is 12.4. The van der Waals surface area contributed by atoms with E-state index >= 15 is 0 Å². The minimum atomic E-state index is -0.922. The highest BCUT2D eigenvalue weighted by Gasteiger charge is 2.16.